The van der Waals surface area contributed by atoms with Crippen molar-refractivity contribution in [3.63, 3.8) is 0 Å². The summed E-state index contributed by atoms with van der Waals surface area (Å²) < 4.78 is 0. The van der Waals surface area contributed by atoms with Gasteiger partial charge in [-0.2, -0.15) is 0 Å². The van der Waals surface area contributed by atoms with Crippen LogP contribution < -0.4 is 16.4 Å². The maximum Gasteiger partial charge on any atom is 0.255 e. The van der Waals surface area contributed by atoms with Crippen molar-refractivity contribution in [2.75, 3.05) is 17.2 Å². The van der Waals surface area contributed by atoms with E-state index in [2.05, 4.69) is 10.6 Å². The fraction of sp³-hybridized carbons (Fsp3) is 0.333. The highest BCUT2D eigenvalue weighted by Gasteiger charge is 2.10. The number of para-hydroxylation sites is 1. The number of nitrogens with two attached hydrogens (primary N) is 1. The van der Waals surface area contributed by atoms with Crippen LogP contribution >= 0.6 is 0 Å². The van der Waals surface area contributed by atoms with Crippen LogP contribution in [0, 0.1) is 6.92 Å². The summed E-state index contributed by atoms with van der Waals surface area (Å²) in [5.74, 6) is -0.227. The van der Waals surface area contributed by atoms with E-state index in [9.17, 15) is 9.59 Å². The lowest BCUT2D eigenvalue weighted by Crippen LogP contribution is -2.15. The van der Waals surface area contributed by atoms with Crippen LogP contribution in [0.4, 0.5) is 11.4 Å². The molecule has 0 aromatic heterocycles. The molecule has 0 spiro atoms. The molecule has 5 nitrogen and oxygen atoms in total. The van der Waals surface area contributed by atoms with Gasteiger partial charge in [-0.15, -0.1) is 0 Å². The van der Waals surface area contributed by atoms with Crippen molar-refractivity contribution in [2.45, 2.75) is 39.0 Å². The van der Waals surface area contributed by atoms with E-state index in [4.69, 9.17) is 5.73 Å². The molecule has 0 aliphatic heterocycles. The summed E-state index contributed by atoms with van der Waals surface area (Å²) in [6.45, 7) is 2.61. The Morgan fingerprint density at radius 3 is 2.38 bits per heavy atom. The van der Waals surface area contributed by atoms with Crippen LogP contribution in [0.15, 0.2) is 48.5 Å². The van der Waals surface area contributed by atoms with Crippen LogP contribution in [-0.2, 0) is 4.79 Å². The van der Waals surface area contributed by atoms with Crippen molar-refractivity contribution >= 4 is 23.2 Å². The van der Waals surface area contributed by atoms with Crippen LogP contribution in [-0.4, -0.2) is 18.4 Å². The monoisotopic (exact) mass is 353 g/mol. The van der Waals surface area contributed by atoms with Gasteiger partial charge in [-0.05, 0) is 56.1 Å². The normalized spacial score (nSPS) is 10.4. The Balaban J connectivity index is 1.94. The number of benzene rings is 2. The molecule has 0 saturated carbocycles. The van der Waals surface area contributed by atoms with Gasteiger partial charge in [-0.25, -0.2) is 0 Å². The summed E-state index contributed by atoms with van der Waals surface area (Å²) in [4.78, 5) is 24.5. The molecule has 4 N–H and O–H groups in total. The molecule has 0 radical (unpaired) electrons. The molecule has 0 aliphatic carbocycles. The van der Waals surface area contributed by atoms with Gasteiger partial charge in [-0.3, -0.25) is 9.59 Å². The van der Waals surface area contributed by atoms with Crippen molar-refractivity contribution in [1.82, 2.24) is 0 Å². The maximum atomic E-state index is 12.4. The molecule has 26 heavy (non-hydrogen) atoms. The average molecular weight is 353 g/mol. The SMILES string of the molecule is Cc1ccc(C(=O)Nc2ccccc2)cc1NC(=O)CCCCCCN. The van der Waals surface area contributed by atoms with Gasteiger partial charge in [0.2, 0.25) is 5.91 Å². The molecule has 138 valence electrons. The summed E-state index contributed by atoms with van der Waals surface area (Å²) >= 11 is 0. The highest BCUT2D eigenvalue weighted by molar-refractivity contribution is 6.05. The van der Waals surface area contributed by atoms with Crippen LogP contribution in [0.3, 0.4) is 0 Å². The topological polar surface area (TPSA) is 84.2 Å². The summed E-state index contributed by atoms with van der Waals surface area (Å²) in [5, 5.41) is 5.77. The van der Waals surface area contributed by atoms with E-state index in [-0.39, 0.29) is 11.8 Å². The third kappa shape index (κ3) is 6.33. The largest absolute Gasteiger partial charge is 0.330 e. The highest BCUT2D eigenvalue weighted by atomic mass is 16.2. The zero-order chi connectivity index (χ0) is 18.8. The number of nitrogens with one attached hydrogen (secondary N) is 2. The Kier molecular flexibility index (Phi) is 7.83. The molecule has 0 atom stereocenters. The second-order valence-corrected chi connectivity index (χ2v) is 6.35. The van der Waals surface area contributed by atoms with Crippen molar-refractivity contribution in [3.05, 3.63) is 59.7 Å². The minimum Gasteiger partial charge on any atom is -0.330 e. The predicted octanol–water partition coefficient (Wildman–Crippen LogP) is 4.10. The second-order valence-electron chi connectivity index (χ2n) is 6.35. The van der Waals surface area contributed by atoms with Crippen LogP contribution in [0.25, 0.3) is 0 Å². The lowest BCUT2D eigenvalue weighted by atomic mass is 10.1. The number of carbonyl (C=O) groups is 2. The predicted molar refractivity (Wildman–Crippen MR) is 106 cm³/mol. The standard InChI is InChI=1S/C21H27N3O2/c1-16-12-13-17(21(26)23-18-9-5-4-6-10-18)15-19(16)24-20(25)11-7-2-3-8-14-22/h4-6,9-10,12-13,15H,2-3,7-8,11,14,22H2,1H3,(H,23,26)(H,24,25). The van der Waals surface area contributed by atoms with Crippen molar-refractivity contribution in [1.29, 1.82) is 0 Å². The number of rotatable bonds is 9. The third-order valence-corrected chi connectivity index (χ3v) is 4.16. The summed E-state index contributed by atoms with van der Waals surface area (Å²) in [6.07, 6.45) is 4.38. The molecule has 0 unspecified atom stereocenters. The van der Waals surface area contributed by atoms with Crippen LogP contribution in [0.2, 0.25) is 0 Å². The van der Waals surface area contributed by atoms with Crippen molar-refractivity contribution < 1.29 is 9.59 Å². The van der Waals surface area contributed by atoms with Gasteiger partial charge in [0.05, 0.1) is 0 Å². The van der Waals surface area contributed by atoms with Gasteiger partial charge in [0, 0.05) is 23.4 Å². The molecule has 0 heterocycles. The van der Waals surface area contributed by atoms with E-state index < -0.39 is 0 Å². The molecule has 5 heteroatoms. The molecular weight excluding hydrogens is 326 g/mol. The van der Waals surface area contributed by atoms with E-state index in [0.717, 1.165) is 36.9 Å². The smallest absolute Gasteiger partial charge is 0.255 e. The van der Waals surface area contributed by atoms with Gasteiger partial charge in [0.15, 0.2) is 0 Å². The Morgan fingerprint density at radius 2 is 1.65 bits per heavy atom. The first-order valence-electron chi connectivity index (χ1n) is 9.07. The Morgan fingerprint density at radius 1 is 0.923 bits per heavy atom. The lowest BCUT2D eigenvalue weighted by Gasteiger charge is -2.11. The number of hydrogen-bond acceptors (Lipinski definition) is 3. The molecule has 2 aromatic carbocycles. The summed E-state index contributed by atoms with van der Waals surface area (Å²) in [5.41, 5.74) is 8.32. The molecule has 0 saturated heterocycles. The number of anilines is 2. The first-order valence-corrected chi connectivity index (χ1v) is 9.07. The lowest BCUT2D eigenvalue weighted by molar-refractivity contribution is -0.116. The minimum atomic E-state index is -0.200. The van der Waals surface area contributed by atoms with Gasteiger partial charge < -0.3 is 16.4 Å². The van der Waals surface area contributed by atoms with E-state index >= 15 is 0 Å². The molecule has 0 bridgehead atoms. The van der Waals surface area contributed by atoms with Gasteiger partial charge >= 0.3 is 0 Å². The van der Waals surface area contributed by atoms with Crippen LogP contribution in [0.5, 0.6) is 0 Å². The fourth-order valence-electron chi connectivity index (χ4n) is 2.62. The molecule has 2 rings (SSSR count). The number of hydrogen-bond donors (Lipinski definition) is 3. The Labute approximate surface area is 155 Å². The van der Waals surface area contributed by atoms with E-state index in [1.165, 1.54) is 0 Å². The van der Waals surface area contributed by atoms with Gasteiger partial charge in [-0.1, -0.05) is 37.1 Å². The molecule has 2 amide bonds. The van der Waals surface area contributed by atoms with Crippen molar-refractivity contribution in [2.24, 2.45) is 5.73 Å². The first kappa shape index (κ1) is 19.7. The third-order valence-electron chi connectivity index (χ3n) is 4.16. The maximum absolute atomic E-state index is 12.4. The summed E-state index contributed by atoms with van der Waals surface area (Å²) in [7, 11) is 0. The summed E-state index contributed by atoms with van der Waals surface area (Å²) in [6, 6.07) is 14.6. The number of unbranched alkanes of at least 4 members (excludes halogenated alkanes) is 3. The number of carbonyl (C=O) groups excluding carboxylic acids is 2. The molecule has 0 fully saturated rings. The highest BCUT2D eigenvalue weighted by Crippen LogP contribution is 2.19. The minimum absolute atomic E-state index is 0.0264. The van der Waals surface area contributed by atoms with E-state index in [1.807, 2.05) is 43.3 Å². The van der Waals surface area contributed by atoms with Gasteiger partial charge in [0.1, 0.15) is 0 Å². The molecular formula is C21H27N3O2. The van der Waals surface area contributed by atoms with Crippen molar-refractivity contribution in [3.8, 4) is 0 Å². The second kappa shape index (κ2) is 10.4. The van der Waals surface area contributed by atoms with E-state index in [1.54, 1.807) is 12.1 Å². The zero-order valence-electron chi connectivity index (χ0n) is 15.3. The average Bonchev–Trinajstić information content (AvgIpc) is 2.64. The molecule has 0 aliphatic rings. The molecule has 2 aromatic rings. The van der Waals surface area contributed by atoms with E-state index in [0.29, 0.717) is 24.2 Å². The first-order chi connectivity index (χ1) is 12.6. The Bertz CT molecular complexity index is 729. The zero-order valence-corrected chi connectivity index (χ0v) is 15.3. The fourth-order valence-corrected chi connectivity index (χ4v) is 2.62. The number of amides is 2. The number of aryl methyl sites for hydroxylation is 1. The van der Waals surface area contributed by atoms with Gasteiger partial charge in [0.25, 0.3) is 5.91 Å². The Hall–Kier alpha value is -2.66. The van der Waals surface area contributed by atoms with Crippen LogP contribution in [0.1, 0.15) is 48.0 Å². The quantitative estimate of drug-likeness (QED) is 0.594.